The van der Waals surface area contributed by atoms with Crippen LogP contribution in [0.25, 0.3) is 11.1 Å². The summed E-state index contributed by atoms with van der Waals surface area (Å²) in [4.78, 5) is 4.60. The van der Waals surface area contributed by atoms with Crippen molar-refractivity contribution in [3.05, 3.63) is 66.0 Å². The Bertz CT molecular complexity index is 773. The Hall–Kier alpha value is -2.62. The van der Waals surface area contributed by atoms with E-state index in [4.69, 9.17) is 0 Å². The first-order valence-corrected chi connectivity index (χ1v) is 8.44. The van der Waals surface area contributed by atoms with Crippen molar-refractivity contribution in [3.63, 3.8) is 0 Å². The maximum absolute atomic E-state index is 4.60. The van der Waals surface area contributed by atoms with Crippen molar-refractivity contribution >= 4 is 5.95 Å². The SMILES string of the molecule is CCCNc1n[nH]c(C(C)(C)c2ccc(-c3ccccc3)cc2)n1. The minimum absolute atomic E-state index is 0.228. The smallest absolute Gasteiger partial charge is 0.242 e. The van der Waals surface area contributed by atoms with Gasteiger partial charge in [0.25, 0.3) is 0 Å². The molecule has 0 amide bonds. The quantitative estimate of drug-likeness (QED) is 0.697. The van der Waals surface area contributed by atoms with E-state index < -0.39 is 0 Å². The monoisotopic (exact) mass is 320 g/mol. The number of benzene rings is 2. The van der Waals surface area contributed by atoms with Gasteiger partial charge < -0.3 is 5.32 Å². The summed E-state index contributed by atoms with van der Waals surface area (Å²) >= 11 is 0. The number of aromatic amines is 1. The summed E-state index contributed by atoms with van der Waals surface area (Å²) < 4.78 is 0. The van der Waals surface area contributed by atoms with Crippen LogP contribution in [0.5, 0.6) is 0 Å². The van der Waals surface area contributed by atoms with E-state index in [0.29, 0.717) is 5.95 Å². The van der Waals surface area contributed by atoms with Crippen LogP contribution in [-0.2, 0) is 5.41 Å². The number of hydrogen-bond acceptors (Lipinski definition) is 3. The summed E-state index contributed by atoms with van der Waals surface area (Å²) in [6.07, 6.45) is 1.05. The molecule has 24 heavy (non-hydrogen) atoms. The molecule has 0 bridgehead atoms. The van der Waals surface area contributed by atoms with Crippen molar-refractivity contribution in [1.29, 1.82) is 0 Å². The molecule has 2 N–H and O–H groups in total. The average Bonchev–Trinajstić information content (AvgIpc) is 3.11. The van der Waals surface area contributed by atoms with Gasteiger partial charge in [0.15, 0.2) is 0 Å². The Morgan fingerprint density at radius 2 is 1.62 bits per heavy atom. The zero-order valence-corrected chi connectivity index (χ0v) is 14.5. The number of aromatic nitrogens is 3. The fourth-order valence-electron chi connectivity index (χ4n) is 2.70. The first-order valence-electron chi connectivity index (χ1n) is 8.44. The molecular formula is C20H24N4. The van der Waals surface area contributed by atoms with Gasteiger partial charge >= 0.3 is 0 Å². The maximum Gasteiger partial charge on any atom is 0.242 e. The second-order valence-electron chi connectivity index (χ2n) is 6.50. The van der Waals surface area contributed by atoms with E-state index in [1.54, 1.807) is 0 Å². The van der Waals surface area contributed by atoms with E-state index in [2.05, 4.69) is 89.8 Å². The summed E-state index contributed by atoms with van der Waals surface area (Å²) in [5.41, 5.74) is 3.43. The van der Waals surface area contributed by atoms with Gasteiger partial charge in [-0.1, -0.05) is 61.5 Å². The second kappa shape index (κ2) is 6.87. The maximum atomic E-state index is 4.60. The molecule has 2 aromatic carbocycles. The number of nitrogens with zero attached hydrogens (tertiary/aromatic N) is 2. The van der Waals surface area contributed by atoms with E-state index in [1.807, 2.05) is 6.07 Å². The zero-order valence-electron chi connectivity index (χ0n) is 14.5. The molecule has 1 heterocycles. The summed E-state index contributed by atoms with van der Waals surface area (Å²) in [5, 5.41) is 10.6. The van der Waals surface area contributed by atoms with Crippen LogP contribution in [0.15, 0.2) is 54.6 Å². The summed E-state index contributed by atoms with van der Waals surface area (Å²) in [7, 11) is 0. The first-order chi connectivity index (χ1) is 11.6. The highest BCUT2D eigenvalue weighted by atomic mass is 15.3. The van der Waals surface area contributed by atoms with Crippen LogP contribution in [0.1, 0.15) is 38.6 Å². The van der Waals surface area contributed by atoms with Gasteiger partial charge in [0.05, 0.1) is 0 Å². The van der Waals surface area contributed by atoms with Crippen LogP contribution in [0, 0.1) is 0 Å². The predicted molar refractivity (Wildman–Crippen MR) is 99.2 cm³/mol. The summed E-state index contributed by atoms with van der Waals surface area (Å²) in [5.74, 6) is 1.54. The molecule has 4 nitrogen and oxygen atoms in total. The predicted octanol–water partition coefficient (Wildman–Crippen LogP) is 4.62. The third-order valence-electron chi connectivity index (χ3n) is 4.32. The lowest BCUT2D eigenvalue weighted by Gasteiger charge is -2.22. The molecule has 4 heteroatoms. The topological polar surface area (TPSA) is 53.6 Å². The highest BCUT2D eigenvalue weighted by molar-refractivity contribution is 5.63. The Morgan fingerprint density at radius 3 is 2.29 bits per heavy atom. The highest BCUT2D eigenvalue weighted by Gasteiger charge is 2.27. The molecule has 0 atom stereocenters. The van der Waals surface area contributed by atoms with Crippen molar-refractivity contribution in [2.75, 3.05) is 11.9 Å². The molecule has 3 aromatic rings. The first kappa shape index (κ1) is 16.2. The van der Waals surface area contributed by atoms with Crippen molar-refractivity contribution in [2.24, 2.45) is 0 Å². The molecule has 0 unspecified atom stereocenters. The molecule has 0 saturated heterocycles. The van der Waals surface area contributed by atoms with E-state index in [-0.39, 0.29) is 5.41 Å². The largest absolute Gasteiger partial charge is 0.353 e. The minimum atomic E-state index is -0.228. The van der Waals surface area contributed by atoms with Crippen LogP contribution in [-0.4, -0.2) is 21.7 Å². The van der Waals surface area contributed by atoms with E-state index >= 15 is 0 Å². The minimum Gasteiger partial charge on any atom is -0.353 e. The lowest BCUT2D eigenvalue weighted by molar-refractivity contribution is 0.593. The number of nitrogens with one attached hydrogen (secondary N) is 2. The highest BCUT2D eigenvalue weighted by Crippen LogP contribution is 2.31. The molecule has 1 aromatic heterocycles. The Balaban J connectivity index is 1.83. The van der Waals surface area contributed by atoms with Gasteiger partial charge in [-0.2, -0.15) is 4.98 Å². The Kier molecular flexibility index (Phi) is 4.65. The molecule has 0 aliphatic rings. The fourth-order valence-corrected chi connectivity index (χ4v) is 2.70. The molecule has 0 saturated carbocycles. The van der Waals surface area contributed by atoms with Gasteiger partial charge in [-0.3, -0.25) is 5.10 Å². The molecule has 0 spiro atoms. The Labute approximate surface area is 143 Å². The zero-order chi connectivity index (χ0) is 17.0. The van der Waals surface area contributed by atoms with Crippen LogP contribution in [0.3, 0.4) is 0 Å². The molecule has 0 radical (unpaired) electrons. The summed E-state index contributed by atoms with van der Waals surface area (Å²) in [6.45, 7) is 7.32. The second-order valence-corrected chi connectivity index (χ2v) is 6.50. The number of hydrogen-bond donors (Lipinski definition) is 2. The van der Waals surface area contributed by atoms with Gasteiger partial charge in [-0.15, -0.1) is 5.10 Å². The van der Waals surface area contributed by atoms with Crippen LogP contribution < -0.4 is 5.32 Å². The number of H-pyrrole nitrogens is 1. The van der Waals surface area contributed by atoms with Gasteiger partial charge in [0.1, 0.15) is 5.82 Å². The third-order valence-corrected chi connectivity index (χ3v) is 4.32. The lowest BCUT2D eigenvalue weighted by Crippen LogP contribution is -2.20. The molecular weight excluding hydrogens is 296 g/mol. The third kappa shape index (κ3) is 3.32. The lowest BCUT2D eigenvalue weighted by atomic mass is 9.83. The van der Waals surface area contributed by atoms with Gasteiger partial charge in [0.2, 0.25) is 5.95 Å². The standard InChI is InChI=1S/C20H24N4/c1-4-14-21-19-22-18(23-24-19)20(2,3)17-12-10-16(11-13-17)15-8-6-5-7-9-15/h5-13H,4,14H2,1-3H3,(H2,21,22,23,24). The molecule has 124 valence electrons. The Morgan fingerprint density at radius 1 is 0.958 bits per heavy atom. The molecule has 0 aliphatic carbocycles. The van der Waals surface area contributed by atoms with Crippen molar-refractivity contribution < 1.29 is 0 Å². The van der Waals surface area contributed by atoms with Crippen molar-refractivity contribution in [1.82, 2.24) is 15.2 Å². The fraction of sp³-hybridized carbons (Fsp3) is 0.300. The van der Waals surface area contributed by atoms with E-state index in [1.165, 1.54) is 16.7 Å². The normalized spacial score (nSPS) is 11.5. The van der Waals surface area contributed by atoms with Gasteiger partial charge in [0, 0.05) is 12.0 Å². The molecule has 3 rings (SSSR count). The van der Waals surface area contributed by atoms with Crippen molar-refractivity contribution in [3.8, 4) is 11.1 Å². The average molecular weight is 320 g/mol. The number of rotatable bonds is 6. The van der Waals surface area contributed by atoms with E-state index in [9.17, 15) is 0 Å². The number of anilines is 1. The van der Waals surface area contributed by atoms with E-state index in [0.717, 1.165) is 18.8 Å². The molecule has 0 fully saturated rings. The van der Waals surface area contributed by atoms with Gasteiger partial charge in [-0.25, -0.2) is 0 Å². The van der Waals surface area contributed by atoms with Gasteiger partial charge in [-0.05, 0) is 37.0 Å². The van der Waals surface area contributed by atoms with Crippen molar-refractivity contribution in [2.45, 2.75) is 32.6 Å². The van der Waals surface area contributed by atoms with Crippen LogP contribution in [0.2, 0.25) is 0 Å². The summed E-state index contributed by atoms with van der Waals surface area (Å²) in [6, 6.07) is 19.1. The molecule has 0 aliphatic heterocycles. The van der Waals surface area contributed by atoms with Crippen LogP contribution >= 0.6 is 0 Å². The van der Waals surface area contributed by atoms with Crippen LogP contribution in [0.4, 0.5) is 5.95 Å².